The molecule has 0 aliphatic heterocycles. The summed E-state index contributed by atoms with van der Waals surface area (Å²) in [5.74, 6) is -4.29. The van der Waals surface area contributed by atoms with Crippen LogP contribution in [-0.2, 0) is 14.4 Å². The Labute approximate surface area is 117 Å². The number of carboxylic acid groups (broad SMARTS) is 2. The highest BCUT2D eigenvalue weighted by Gasteiger charge is 2.66. The molecule has 3 N–H and O–H groups in total. The predicted octanol–water partition coefficient (Wildman–Crippen LogP) is 1.48. The van der Waals surface area contributed by atoms with Gasteiger partial charge in [-0.05, 0) is 10.8 Å². The van der Waals surface area contributed by atoms with Gasteiger partial charge in [-0.1, -0.05) is 41.5 Å². The molecule has 7 nitrogen and oxygen atoms in total. The molecule has 20 heavy (non-hydrogen) atoms. The highest BCUT2D eigenvalue weighted by Crippen LogP contribution is 2.52. The molecule has 0 amide bonds. The van der Waals surface area contributed by atoms with Crippen LogP contribution in [0.3, 0.4) is 0 Å². The number of aliphatic carboxylic acids is 2. The van der Waals surface area contributed by atoms with E-state index in [9.17, 15) is 19.5 Å². The summed E-state index contributed by atoms with van der Waals surface area (Å²) >= 11 is 0. The zero-order valence-electron chi connectivity index (χ0n) is 12.6. The third-order valence-electron chi connectivity index (χ3n) is 3.44. The molecule has 0 aromatic carbocycles. The normalized spacial score (nSPS) is 12.5. The second kappa shape index (κ2) is 5.17. The van der Waals surface area contributed by atoms with Gasteiger partial charge in [0.05, 0.1) is 10.3 Å². The minimum Gasteiger partial charge on any atom is -0.480 e. The predicted molar refractivity (Wildman–Crippen MR) is 69.6 cm³/mol. The largest absolute Gasteiger partial charge is 0.491 e. The van der Waals surface area contributed by atoms with Gasteiger partial charge in [0, 0.05) is 0 Å². The van der Waals surface area contributed by atoms with Crippen LogP contribution in [0.25, 0.3) is 0 Å². The molecule has 0 unspecified atom stereocenters. The Kier molecular flexibility index (Phi) is 4.65. The molecule has 0 bridgehead atoms. The van der Waals surface area contributed by atoms with Gasteiger partial charge in [-0.3, -0.25) is 9.59 Å². The Bertz CT molecular complexity index is 488. The zero-order valence-corrected chi connectivity index (χ0v) is 12.6. The smallest absolute Gasteiger partial charge is 0.480 e. The van der Waals surface area contributed by atoms with E-state index in [4.69, 9.17) is 10.6 Å². The van der Waals surface area contributed by atoms with Crippen molar-refractivity contribution < 1.29 is 29.4 Å². The van der Waals surface area contributed by atoms with E-state index in [-0.39, 0.29) is 0 Å². The van der Waals surface area contributed by atoms with E-state index < -0.39 is 39.7 Å². The van der Waals surface area contributed by atoms with Gasteiger partial charge in [0.2, 0.25) is 0 Å². The van der Waals surface area contributed by atoms with Crippen molar-refractivity contribution in [3.63, 3.8) is 0 Å². The summed E-state index contributed by atoms with van der Waals surface area (Å²) in [6.45, 7) is 9.30. The molecule has 0 aromatic rings. The van der Waals surface area contributed by atoms with Gasteiger partial charge in [-0.25, -0.2) is 4.79 Å². The number of nitrogens with one attached hydrogen (secondary N) is 1. The van der Waals surface area contributed by atoms with Gasteiger partial charge in [0.15, 0.2) is 0 Å². The standard InChI is InChI=1S/C13H20N2O5/c1-11(2,3)13(10(19)20,12(4,5)6)8(16)7(15-14)9(17)18/h14H,1-6H3,(H-,17,18,19,20)/p+1. The van der Waals surface area contributed by atoms with Gasteiger partial charge in [0.25, 0.3) is 5.78 Å². The van der Waals surface area contributed by atoms with Crippen LogP contribution in [0.2, 0.25) is 0 Å². The summed E-state index contributed by atoms with van der Waals surface area (Å²) in [5, 5.41) is 18.6. The molecule has 0 radical (unpaired) electrons. The molecule has 0 aliphatic rings. The monoisotopic (exact) mass is 285 g/mol. The molecule has 0 spiro atoms. The van der Waals surface area contributed by atoms with Crippen molar-refractivity contribution >= 4 is 23.4 Å². The molecule has 0 fully saturated rings. The number of nitrogens with zero attached hydrogens (tertiary/aromatic N) is 1. The molecule has 0 aromatic heterocycles. The molecular weight excluding hydrogens is 264 g/mol. The Hall–Kier alpha value is -2.01. The number of hydrogen-bond acceptors (Lipinski definition) is 4. The molecule has 0 rings (SSSR count). The van der Waals surface area contributed by atoms with Crippen molar-refractivity contribution in [3.05, 3.63) is 0 Å². The first-order chi connectivity index (χ1) is 8.75. The minimum atomic E-state index is -2.02. The van der Waals surface area contributed by atoms with E-state index in [0.29, 0.717) is 0 Å². The van der Waals surface area contributed by atoms with Crippen LogP contribution in [0.4, 0.5) is 0 Å². The first-order valence-corrected chi connectivity index (χ1v) is 6.01. The lowest BCUT2D eigenvalue weighted by molar-refractivity contribution is -0.177. The number of carbonyl (C=O) groups excluding carboxylic acids is 1. The van der Waals surface area contributed by atoms with E-state index >= 15 is 0 Å². The van der Waals surface area contributed by atoms with Crippen LogP contribution in [0.15, 0.2) is 0 Å². The van der Waals surface area contributed by atoms with Crippen molar-refractivity contribution in [1.29, 1.82) is 5.53 Å². The summed E-state index contributed by atoms with van der Waals surface area (Å²) in [7, 11) is 0. The van der Waals surface area contributed by atoms with Crippen LogP contribution in [0.5, 0.6) is 0 Å². The zero-order chi connectivity index (χ0) is 16.5. The second-order valence-corrected chi connectivity index (χ2v) is 6.65. The summed E-state index contributed by atoms with van der Waals surface area (Å²) in [4.78, 5) is 38.2. The lowest BCUT2D eigenvalue weighted by Gasteiger charge is -2.47. The van der Waals surface area contributed by atoms with Crippen molar-refractivity contribution in [2.75, 3.05) is 0 Å². The SMILES string of the molecule is CC(C)(C)C(C(=O)O)(C(=O)C(=[N+]=N)C(=O)O)C(C)(C)C. The summed E-state index contributed by atoms with van der Waals surface area (Å²) < 4.78 is 0. The molecule has 0 heterocycles. The number of ketones is 1. The quantitative estimate of drug-likeness (QED) is 0.312. The fourth-order valence-electron chi connectivity index (χ4n) is 2.92. The number of Topliss-reactive ketones (excluding diaryl/α,β-unsaturated/α-hetero) is 1. The van der Waals surface area contributed by atoms with Crippen molar-refractivity contribution in [2.24, 2.45) is 16.2 Å². The molecule has 0 atom stereocenters. The van der Waals surface area contributed by atoms with E-state index in [1.807, 2.05) is 0 Å². The van der Waals surface area contributed by atoms with E-state index in [1.54, 1.807) is 41.5 Å². The number of carbonyl (C=O) groups is 3. The van der Waals surface area contributed by atoms with Crippen molar-refractivity contribution in [2.45, 2.75) is 41.5 Å². The maximum Gasteiger partial charge on any atom is 0.491 e. The topological polar surface area (TPSA) is 130 Å². The van der Waals surface area contributed by atoms with Crippen LogP contribution in [0.1, 0.15) is 41.5 Å². The fraction of sp³-hybridized carbons (Fsp3) is 0.692. The average Bonchev–Trinajstić information content (AvgIpc) is 2.12. The van der Waals surface area contributed by atoms with Crippen LogP contribution in [-0.4, -0.2) is 38.4 Å². The Morgan fingerprint density at radius 1 is 0.900 bits per heavy atom. The third-order valence-corrected chi connectivity index (χ3v) is 3.44. The lowest BCUT2D eigenvalue weighted by Crippen LogP contribution is -2.60. The van der Waals surface area contributed by atoms with Gasteiger partial charge in [-0.15, -0.1) is 0 Å². The fourth-order valence-corrected chi connectivity index (χ4v) is 2.92. The van der Waals surface area contributed by atoms with Crippen molar-refractivity contribution in [3.8, 4) is 0 Å². The first-order valence-electron chi connectivity index (χ1n) is 6.01. The Morgan fingerprint density at radius 2 is 1.25 bits per heavy atom. The molecule has 0 saturated heterocycles. The van der Waals surface area contributed by atoms with Crippen molar-refractivity contribution in [1.82, 2.24) is 0 Å². The van der Waals surface area contributed by atoms with Crippen LogP contribution >= 0.6 is 0 Å². The Morgan fingerprint density at radius 3 is 1.40 bits per heavy atom. The second-order valence-electron chi connectivity index (χ2n) is 6.65. The van der Waals surface area contributed by atoms with E-state index in [1.165, 1.54) is 0 Å². The summed E-state index contributed by atoms with van der Waals surface area (Å²) in [6, 6.07) is 0. The summed E-state index contributed by atoms with van der Waals surface area (Å²) in [5.41, 5.74) is 1.62. The van der Waals surface area contributed by atoms with Gasteiger partial charge < -0.3 is 10.2 Å². The van der Waals surface area contributed by atoms with E-state index in [2.05, 4.69) is 4.79 Å². The lowest BCUT2D eigenvalue weighted by atomic mass is 9.51. The average molecular weight is 285 g/mol. The molecule has 112 valence electrons. The Balaban J connectivity index is 6.61. The van der Waals surface area contributed by atoms with Gasteiger partial charge >= 0.3 is 17.7 Å². The van der Waals surface area contributed by atoms with Crippen LogP contribution < -0.4 is 0 Å². The molecule has 0 saturated carbocycles. The first kappa shape index (κ1) is 18.0. The van der Waals surface area contributed by atoms with Gasteiger partial charge in [-0.2, -0.15) is 0 Å². The molecular formula is C13H21N2O5+. The maximum absolute atomic E-state index is 12.6. The summed E-state index contributed by atoms with van der Waals surface area (Å²) in [6.07, 6.45) is 0. The van der Waals surface area contributed by atoms with E-state index in [0.717, 1.165) is 0 Å². The van der Waals surface area contributed by atoms with Crippen LogP contribution in [0, 0.1) is 21.8 Å². The highest BCUT2D eigenvalue weighted by atomic mass is 16.4. The highest BCUT2D eigenvalue weighted by molar-refractivity contribution is 6.64. The van der Waals surface area contributed by atoms with Gasteiger partial charge in [0.1, 0.15) is 5.41 Å². The number of rotatable bonds is 4. The minimum absolute atomic E-state index is 1.07. The molecule has 7 heteroatoms. The molecule has 0 aliphatic carbocycles. The number of hydrogen-bond donors (Lipinski definition) is 3. The third kappa shape index (κ3) is 2.49. The maximum atomic E-state index is 12.6. The number of carboxylic acids is 2.